The van der Waals surface area contributed by atoms with Gasteiger partial charge < -0.3 is 25.4 Å². The largest absolute Gasteiger partial charge is 0.497 e. The molecule has 1 saturated heterocycles. The van der Waals surface area contributed by atoms with E-state index < -0.39 is 0 Å². The van der Waals surface area contributed by atoms with Crippen LogP contribution in [-0.4, -0.2) is 69.8 Å². The maximum atomic E-state index is 11.7. The highest BCUT2D eigenvalue weighted by Crippen LogP contribution is 2.24. The third kappa shape index (κ3) is 8.72. The Bertz CT molecular complexity index is 720. The Kier molecular flexibility index (Phi) is 10.7. The number of carbonyl (C=O) groups is 1. The monoisotopic (exact) mass is 545 g/mol. The Morgan fingerprint density at radius 1 is 1.10 bits per heavy atom. The minimum Gasteiger partial charge on any atom is -0.497 e. The third-order valence-electron chi connectivity index (χ3n) is 5.47. The maximum absolute atomic E-state index is 11.7. The lowest BCUT2D eigenvalue weighted by molar-refractivity contribution is -0.121. The number of aliphatic imine (C=N–C) groups is 1. The third-order valence-corrected chi connectivity index (χ3v) is 5.47. The molecule has 1 aromatic rings. The van der Waals surface area contributed by atoms with Gasteiger partial charge in [-0.05, 0) is 43.4 Å². The van der Waals surface area contributed by atoms with Crippen molar-refractivity contribution in [3.8, 4) is 11.5 Å². The van der Waals surface area contributed by atoms with Gasteiger partial charge in [-0.15, -0.1) is 24.0 Å². The molecule has 8 nitrogen and oxygen atoms in total. The lowest BCUT2D eigenvalue weighted by atomic mass is 10.2. The maximum Gasteiger partial charge on any atom is 0.220 e. The zero-order chi connectivity index (χ0) is 21.3. The average molecular weight is 545 g/mol. The molecule has 174 valence electrons. The molecule has 2 fully saturated rings. The average Bonchev–Trinajstić information content (AvgIpc) is 3.46. The number of nitrogens with one attached hydrogen (secondary N) is 3. The Morgan fingerprint density at radius 3 is 2.42 bits per heavy atom. The van der Waals surface area contributed by atoms with E-state index in [9.17, 15) is 4.79 Å². The van der Waals surface area contributed by atoms with Crippen molar-refractivity contribution in [1.82, 2.24) is 20.9 Å². The summed E-state index contributed by atoms with van der Waals surface area (Å²) in [6.45, 7) is 3.56. The number of amides is 1. The van der Waals surface area contributed by atoms with Crippen LogP contribution in [0.5, 0.6) is 11.5 Å². The normalized spacial score (nSPS) is 18.8. The molecule has 3 rings (SSSR count). The smallest absolute Gasteiger partial charge is 0.220 e. The highest BCUT2D eigenvalue weighted by molar-refractivity contribution is 14.0. The van der Waals surface area contributed by atoms with Gasteiger partial charge in [0.05, 0.1) is 14.2 Å². The standard InChI is InChI=1S/C22H35N5O3.HI/c1-23-22(24-9-4-5-21(28)25-17-6-7-17)26-18-8-10-27(15-18)14-16-11-19(29-2)13-20(12-16)30-3;/h11-13,17-18H,4-10,14-15H2,1-3H3,(H,25,28)(H2,23,24,26);1H. The molecular formula is C22H36IN5O3. The molecule has 0 aromatic heterocycles. The van der Waals surface area contributed by atoms with Gasteiger partial charge in [0.2, 0.25) is 5.91 Å². The van der Waals surface area contributed by atoms with Gasteiger partial charge in [-0.1, -0.05) is 0 Å². The van der Waals surface area contributed by atoms with Crippen LogP contribution in [0.25, 0.3) is 0 Å². The van der Waals surface area contributed by atoms with Gasteiger partial charge in [-0.2, -0.15) is 0 Å². The number of rotatable bonds is 10. The number of ether oxygens (including phenoxy) is 2. The molecule has 1 aliphatic heterocycles. The van der Waals surface area contributed by atoms with E-state index in [-0.39, 0.29) is 29.9 Å². The summed E-state index contributed by atoms with van der Waals surface area (Å²) in [6, 6.07) is 6.79. The molecule has 1 aromatic carbocycles. The van der Waals surface area contributed by atoms with Crippen LogP contribution in [0.1, 0.15) is 37.7 Å². The fraction of sp³-hybridized carbons (Fsp3) is 0.636. The van der Waals surface area contributed by atoms with E-state index >= 15 is 0 Å². The number of halogens is 1. The summed E-state index contributed by atoms with van der Waals surface area (Å²) < 4.78 is 10.7. The van der Waals surface area contributed by atoms with E-state index in [1.807, 2.05) is 6.07 Å². The van der Waals surface area contributed by atoms with Crippen molar-refractivity contribution in [2.75, 3.05) is 40.9 Å². The zero-order valence-corrected chi connectivity index (χ0v) is 21.1. The van der Waals surface area contributed by atoms with E-state index in [0.717, 1.165) is 69.3 Å². The molecule has 1 amide bonds. The Morgan fingerprint density at radius 2 is 1.81 bits per heavy atom. The minimum atomic E-state index is 0. The summed E-state index contributed by atoms with van der Waals surface area (Å²) in [5.41, 5.74) is 1.18. The second-order valence-electron chi connectivity index (χ2n) is 8.03. The van der Waals surface area contributed by atoms with Gasteiger partial charge in [-0.25, -0.2) is 0 Å². The zero-order valence-electron chi connectivity index (χ0n) is 18.8. The lowest BCUT2D eigenvalue weighted by Crippen LogP contribution is -2.44. The van der Waals surface area contributed by atoms with E-state index in [1.165, 1.54) is 5.56 Å². The number of methoxy groups -OCH3 is 2. The predicted molar refractivity (Wildman–Crippen MR) is 134 cm³/mol. The van der Waals surface area contributed by atoms with Gasteiger partial charge in [0, 0.05) is 57.8 Å². The number of hydrogen-bond donors (Lipinski definition) is 3. The Labute approximate surface area is 202 Å². The first-order chi connectivity index (χ1) is 14.6. The first-order valence-corrected chi connectivity index (χ1v) is 10.8. The molecule has 1 aliphatic carbocycles. The molecule has 3 N–H and O–H groups in total. The van der Waals surface area contributed by atoms with Gasteiger partial charge >= 0.3 is 0 Å². The first-order valence-electron chi connectivity index (χ1n) is 10.8. The molecule has 2 aliphatic rings. The molecule has 9 heteroatoms. The molecule has 1 saturated carbocycles. The molecule has 0 bridgehead atoms. The van der Waals surface area contributed by atoms with Crippen LogP contribution in [0.15, 0.2) is 23.2 Å². The quantitative estimate of drug-likeness (QED) is 0.181. The van der Waals surface area contributed by atoms with Crippen LogP contribution in [0.3, 0.4) is 0 Å². The molecule has 1 atom stereocenters. The molecule has 1 heterocycles. The molecule has 1 unspecified atom stereocenters. The second kappa shape index (κ2) is 12.9. The molecule has 31 heavy (non-hydrogen) atoms. The highest BCUT2D eigenvalue weighted by atomic mass is 127. The van der Waals surface area contributed by atoms with Crippen molar-refractivity contribution in [2.45, 2.75) is 50.7 Å². The topological polar surface area (TPSA) is 87.2 Å². The molecule has 0 spiro atoms. The number of benzene rings is 1. The first kappa shape index (κ1) is 25.5. The van der Waals surface area contributed by atoms with Crippen molar-refractivity contribution >= 4 is 35.8 Å². The SMILES string of the molecule is CN=C(NCCCC(=O)NC1CC1)NC1CCN(Cc2cc(OC)cc(OC)c2)C1.I. The number of nitrogens with zero attached hydrogens (tertiary/aromatic N) is 2. The fourth-order valence-corrected chi connectivity index (χ4v) is 3.68. The van der Waals surface area contributed by atoms with Crippen LogP contribution in [-0.2, 0) is 11.3 Å². The summed E-state index contributed by atoms with van der Waals surface area (Å²) >= 11 is 0. The van der Waals surface area contributed by atoms with E-state index in [1.54, 1.807) is 21.3 Å². The predicted octanol–water partition coefficient (Wildman–Crippen LogP) is 2.12. The van der Waals surface area contributed by atoms with Gasteiger partial charge in [0.15, 0.2) is 5.96 Å². The van der Waals surface area contributed by atoms with E-state index in [4.69, 9.17) is 9.47 Å². The number of guanidine groups is 1. The van der Waals surface area contributed by atoms with Gasteiger partial charge in [0.1, 0.15) is 11.5 Å². The van der Waals surface area contributed by atoms with Crippen LogP contribution >= 0.6 is 24.0 Å². The number of carbonyl (C=O) groups excluding carboxylic acids is 1. The van der Waals surface area contributed by atoms with Gasteiger partial charge in [-0.3, -0.25) is 14.7 Å². The molecular weight excluding hydrogens is 509 g/mol. The van der Waals surface area contributed by atoms with Crippen LogP contribution < -0.4 is 25.4 Å². The van der Waals surface area contributed by atoms with E-state index in [2.05, 4.69) is 38.0 Å². The van der Waals surface area contributed by atoms with Crippen molar-refractivity contribution < 1.29 is 14.3 Å². The summed E-state index contributed by atoms with van der Waals surface area (Å²) in [6.07, 6.45) is 4.68. The Hall–Kier alpha value is -1.75. The second-order valence-corrected chi connectivity index (χ2v) is 8.03. The Balaban J connectivity index is 0.00000341. The lowest BCUT2D eigenvalue weighted by Gasteiger charge is -2.19. The van der Waals surface area contributed by atoms with Crippen LogP contribution in [0.2, 0.25) is 0 Å². The van der Waals surface area contributed by atoms with Crippen molar-refractivity contribution in [3.63, 3.8) is 0 Å². The summed E-state index contributed by atoms with van der Waals surface area (Å²) in [4.78, 5) is 18.5. The minimum absolute atomic E-state index is 0. The summed E-state index contributed by atoms with van der Waals surface area (Å²) in [5, 5.41) is 9.85. The summed E-state index contributed by atoms with van der Waals surface area (Å²) in [7, 11) is 5.13. The van der Waals surface area contributed by atoms with Gasteiger partial charge in [0.25, 0.3) is 0 Å². The highest BCUT2D eigenvalue weighted by Gasteiger charge is 2.24. The fourth-order valence-electron chi connectivity index (χ4n) is 3.68. The van der Waals surface area contributed by atoms with Crippen LogP contribution in [0, 0.1) is 0 Å². The summed E-state index contributed by atoms with van der Waals surface area (Å²) in [5.74, 6) is 2.58. The number of hydrogen-bond acceptors (Lipinski definition) is 5. The van der Waals surface area contributed by atoms with E-state index in [0.29, 0.717) is 18.5 Å². The van der Waals surface area contributed by atoms with Crippen LogP contribution in [0.4, 0.5) is 0 Å². The van der Waals surface area contributed by atoms with Crippen molar-refractivity contribution in [1.29, 1.82) is 0 Å². The van der Waals surface area contributed by atoms with Crippen molar-refractivity contribution in [2.24, 2.45) is 4.99 Å². The molecule has 0 radical (unpaired) electrons. The van der Waals surface area contributed by atoms with Crippen molar-refractivity contribution in [3.05, 3.63) is 23.8 Å². The number of likely N-dealkylation sites (tertiary alicyclic amines) is 1.